The first-order chi connectivity index (χ1) is 12.4. The van der Waals surface area contributed by atoms with Crippen molar-refractivity contribution < 1.29 is 4.74 Å². The third-order valence-electron chi connectivity index (χ3n) is 3.88. The molecule has 3 heteroatoms. The molecule has 0 aliphatic heterocycles. The second kappa shape index (κ2) is 9.59. The summed E-state index contributed by atoms with van der Waals surface area (Å²) in [5.41, 5.74) is 3.97. The minimum Gasteiger partial charge on any atom is -0.496 e. The maximum absolute atomic E-state index is 5.60. The summed E-state index contributed by atoms with van der Waals surface area (Å²) < 4.78 is 5.93. The summed E-state index contributed by atoms with van der Waals surface area (Å²) in [5, 5.41) is 0. The molecule has 0 bridgehead atoms. The molecule has 0 spiro atoms. The predicted octanol–water partition coefficient (Wildman–Crippen LogP) is 6.56. The average molecular weight is 367 g/mol. The van der Waals surface area contributed by atoms with Crippen molar-refractivity contribution >= 4 is 23.5 Å². The summed E-state index contributed by atoms with van der Waals surface area (Å²) >= 11 is 3.92. The molecule has 0 N–H and O–H groups in total. The molecule has 128 valence electrons. The first-order valence-corrected chi connectivity index (χ1v) is 10.4. The van der Waals surface area contributed by atoms with Gasteiger partial charge in [0, 0.05) is 17.1 Å². The normalized spacial score (nSPS) is 10.8. The van der Waals surface area contributed by atoms with Crippen LogP contribution in [-0.2, 0) is 11.5 Å². The van der Waals surface area contributed by atoms with Gasteiger partial charge < -0.3 is 4.74 Å². The molecular weight excluding hydrogens is 344 g/mol. The zero-order valence-corrected chi connectivity index (χ0v) is 15.9. The van der Waals surface area contributed by atoms with Crippen LogP contribution in [0.5, 0.6) is 5.75 Å². The van der Waals surface area contributed by atoms with Crippen LogP contribution in [0.15, 0.2) is 84.9 Å². The maximum atomic E-state index is 5.60. The number of para-hydroxylation sites is 1. The highest BCUT2D eigenvalue weighted by molar-refractivity contribution is 8.15. The molecule has 3 aromatic carbocycles. The van der Waals surface area contributed by atoms with E-state index in [0.29, 0.717) is 4.58 Å². The SMILES string of the molecule is COc1ccccc1C(SCc1ccccc1)SCc1ccccc1. The van der Waals surface area contributed by atoms with E-state index in [1.54, 1.807) is 7.11 Å². The number of thioether (sulfide) groups is 2. The molecule has 0 aliphatic carbocycles. The summed E-state index contributed by atoms with van der Waals surface area (Å²) in [6, 6.07) is 29.6. The lowest BCUT2D eigenvalue weighted by atomic mass is 10.2. The monoisotopic (exact) mass is 366 g/mol. The van der Waals surface area contributed by atoms with Gasteiger partial charge in [0.25, 0.3) is 0 Å². The van der Waals surface area contributed by atoms with Crippen LogP contribution in [0.2, 0.25) is 0 Å². The van der Waals surface area contributed by atoms with Gasteiger partial charge in [0.05, 0.1) is 11.7 Å². The molecular formula is C22H22OS2. The average Bonchev–Trinajstić information content (AvgIpc) is 2.70. The van der Waals surface area contributed by atoms with Crippen LogP contribution in [0.4, 0.5) is 0 Å². The predicted molar refractivity (Wildman–Crippen MR) is 111 cm³/mol. The molecule has 1 nitrogen and oxygen atoms in total. The fourth-order valence-corrected chi connectivity index (χ4v) is 5.20. The number of rotatable bonds is 8. The molecule has 0 saturated carbocycles. The minimum atomic E-state index is 0.330. The van der Waals surface area contributed by atoms with Crippen molar-refractivity contribution in [2.45, 2.75) is 16.1 Å². The molecule has 3 aromatic rings. The quantitative estimate of drug-likeness (QED) is 0.418. The number of benzene rings is 3. The number of methoxy groups -OCH3 is 1. The van der Waals surface area contributed by atoms with Gasteiger partial charge in [0.15, 0.2) is 0 Å². The lowest BCUT2D eigenvalue weighted by Crippen LogP contribution is -1.96. The van der Waals surface area contributed by atoms with E-state index in [0.717, 1.165) is 17.3 Å². The van der Waals surface area contributed by atoms with Crippen molar-refractivity contribution in [2.24, 2.45) is 0 Å². The molecule has 0 unspecified atom stereocenters. The molecule has 0 saturated heterocycles. The Balaban J connectivity index is 1.75. The Kier molecular flexibility index (Phi) is 6.89. The van der Waals surface area contributed by atoms with Gasteiger partial charge in [-0.25, -0.2) is 0 Å². The highest BCUT2D eigenvalue weighted by Gasteiger charge is 2.17. The molecule has 0 radical (unpaired) electrons. The Hall–Kier alpha value is -1.84. The summed E-state index contributed by atoms with van der Waals surface area (Å²) in [4.78, 5) is 0. The van der Waals surface area contributed by atoms with E-state index < -0.39 is 0 Å². The Labute approximate surface area is 158 Å². The first kappa shape index (κ1) is 18.0. The molecule has 0 aliphatic rings. The van der Waals surface area contributed by atoms with E-state index in [2.05, 4.69) is 78.9 Å². The van der Waals surface area contributed by atoms with Crippen LogP contribution < -0.4 is 4.74 Å². The minimum absolute atomic E-state index is 0.330. The van der Waals surface area contributed by atoms with E-state index in [1.807, 2.05) is 29.6 Å². The first-order valence-electron chi connectivity index (χ1n) is 8.31. The topological polar surface area (TPSA) is 9.23 Å². The molecule has 0 aromatic heterocycles. The van der Waals surface area contributed by atoms with Gasteiger partial charge in [-0.1, -0.05) is 78.9 Å². The Morgan fingerprint density at radius 2 is 1.16 bits per heavy atom. The van der Waals surface area contributed by atoms with Crippen LogP contribution in [0.1, 0.15) is 21.3 Å². The Bertz CT molecular complexity index is 716. The molecule has 0 heterocycles. The molecule has 25 heavy (non-hydrogen) atoms. The van der Waals surface area contributed by atoms with Crippen molar-refractivity contribution in [2.75, 3.05) is 7.11 Å². The van der Waals surface area contributed by atoms with Crippen molar-refractivity contribution in [1.29, 1.82) is 0 Å². The van der Waals surface area contributed by atoms with E-state index >= 15 is 0 Å². The Morgan fingerprint density at radius 3 is 1.68 bits per heavy atom. The zero-order valence-electron chi connectivity index (χ0n) is 14.3. The molecule has 0 fully saturated rings. The Morgan fingerprint density at radius 1 is 0.680 bits per heavy atom. The summed E-state index contributed by atoms with van der Waals surface area (Å²) in [5.74, 6) is 2.95. The maximum Gasteiger partial charge on any atom is 0.124 e. The highest BCUT2D eigenvalue weighted by atomic mass is 32.2. The second-order valence-corrected chi connectivity index (χ2v) is 8.15. The van der Waals surface area contributed by atoms with Crippen LogP contribution in [0, 0.1) is 0 Å². The van der Waals surface area contributed by atoms with Gasteiger partial charge in [-0.05, 0) is 17.2 Å². The summed E-state index contributed by atoms with van der Waals surface area (Å²) in [6.45, 7) is 0. The third-order valence-corrected chi connectivity index (χ3v) is 6.81. The van der Waals surface area contributed by atoms with Gasteiger partial charge in [-0.2, -0.15) is 0 Å². The highest BCUT2D eigenvalue weighted by Crippen LogP contribution is 2.45. The van der Waals surface area contributed by atoms with Gasteiger partial charge in [-0.3, -0.25) is 0 Å². The van der Waals surface area contributed by atoms with E-state index in [9.17, 15) is 0 Å². The lowest BCUT2D eigenvalue weighted by molar-refractivity contribution is 0.411. The fourth-order valence-electron chi connectivity index (χ4n) is 2.58. The second-order valence-electron chi connectivity index (χ2n) is 5.67. The van der Waals surface area contributed by atoms with E-state index in [-0.39, 0.29) is 0 Å². The van der Waals surface area contributed by atoms with Crippen molar-refractivity contribution in [3.8, 4) is 5.75 Å². The lowest BCUT2D eigenvalue weighted by Gasteiger charge is -2.19. The number of hydrogen-bond acceptors (Lipinski definition) is 3. The van der Waals surface area contributed by atoms with Gasteiger partial charge in [0.2, 0.25) is 0 Å². The van der Waals surface area contributed by atoms with Crippen LogP contribution in [-0.4, -0.2) is 7.11 Å². The van der Waals surface area contributed by atoms with Crippen molar-refractivity contribution in [3.63, 3.8) is 0 Å². The number of ether oxygens (including phenoxy) is 1. The third kappa shape index (κ3) is 5.32. The zero-order chi connectivity index (χ0) is 17.3. The summed E-state index contributed by atoms with van der Waals surface area (Å²) in [7, 11) is 1.75. The van der Waals surface area contributed by atoms with Crippen LogP contribution >= 0.6 is 23.5 Å². The summed E-state index contributed by atoms with van der Waals surface area (Å²) in [6.07, 6.45) is 0. The smallest absolute Gasteiger partial charge is 0.124 e. The molecule has 3 rings (SSSR count). The van der Waals surface area contributed by atoms with Crippen molar-refractivity contribution in [3.05, 3.63) is 102 Å². The van der Waals surface area contributed by atoms with Crippen molar-refractivity contribution in [1.82, 2.24) is 0 Å². The van der Waals surface area contributed by atoms with Gasteiger partial charge >= 0.3 is 0 Å². The largest absolute Gasteiger partial charge is 0.496 e. The fraction of sp³-hybridized carbons (Fsp3) is 0.182. The van der Waals surface area contributed by atoms with Crippen LogP contribution in [0.3, 0.4) is 0 Å². The number of hydrogen-bond donors (Lipinski definition) is 0. The van der Waals surface area contributed by atoms with Gasteiger partial charge in [0.1, 0.15) is 5.75 Å². The molecule has 0 atom stereocenters. The standard InChI is InChI=1S/C22H22OS2/c1-23-21-15-9-8-14-20(21)22(24-16-18-10-4-2-5-11-18)25-17-19-12-6-3-7-13-19/h2-15,22H,16-17H2,1H3. The van der Waals surface area contributed by atoms with Gasteiger partial charge in [-0.15, -0.1) is 23.5 Å². The van der Waals surface area contributed by atoms with Crippen LogP contribution in [0.25, 0.3) is 0 Å². The molecule has 0 amide bonds. The van der Waals surface area contributed by atoms with E-state index in [1.165, 1.54) is 16.7 Å². The van der Waals surface area contributed by atoms with E-state index in [4.69, 9.17) is 4.74 Å².